The first-order valence-electron chi connectivity index (χ1n) is 11.9. The van der Waals surface area contributed by atoms with Crippen molar-refractivity contribution in [1.29, 1.82) is 0 Å². The molecule has 0 aliphatic rings. The summed E-state index contributed by atoms with van der Waals surface area (Å²) in [7, 11) is 0. The van der Waals surface area contributed by atoms with Crippen LogP contribution in [0.5, 0.6) is 0 Å². The summed E-state index contributed by atoms with van der Waals surface area (Å²) in [6.07, 6.45) is 3.30. The zero-order valence-electron chi connectivity index (χ0n) is 21.2. The third kappa shape index (κ3) is 10.8. The highest BCUT2D eigenvalue weighted by Crippen LogP contribution is 2.17. The predicted molar refractivity (Wildman–Crippen MR) is 138 cm³/mol. The summed E-state index contributed by atoms with van der Waals surface area (Å²) in [4.78, 5) is 32.9. The predicted octanol–water partition coefficient (Wildman–Crippen LogP) is 4.20. The standard InChI is InChI=1S/C26H36N6O3/c1-6-16-27-22-20(18-29-24(32-22)31-21-14-10-7-11-15-21)13-9-8-12-17-28-23(33)19(2)30-25(34)35-26(3,4)5/h7,10-11,14-15,18-19H,6,8,12,16-17H2,1-5H3,(H,28,33)(H,30,34)(H2,27,29,31,32)/t19-/m0/s1. The maximum atomic E-state index is 12.2. The molecule has 0 aliphatic carbocycles. The van der Waals surface area contributed by atoms with E-state index in [9.17, 15) is 9.59 Å². The number of ether oxygens (including phenoxy) is 1. The Kier molecular flexibility index (Phi) is 10.8. The Bertz CT molecular complexity index is 1020. The SMILES string of the molecule is CCCNc1nc(Nc2ccccc2)ncc1C#CCCCNC(=O)[C@H](C)NC(=O)OC(C)(C)C. The van der Waals surface area contributed by atoms with Gasteiger partial charge in [0.05, 0.1) is 11.8 Å². The molecule has 1 heterocycles. The number of hydrogen-bond acceptors (Lipinski definition) is 7. The Balaban J connectivity index is 1.84. The number of nitrogens with one attached hydrogen (secondary N) is 4. The zero-order chi connectivity index (χ0) is 25.7. The molecule has 0 saturated carbocycles. The molecule has 0 unspecified atom stereocenters. The van der Waals surface area contributed by atoms with Crippen molar-refractivity contribution in [2.75, 3.05) is 23.7 Å². The van der Waals surface area contributed by atoms with E-state index in [2.05, 4.69) is 50.0 Å². The van der Waals surface area contributed by atoms with Crippen LogP contribution in [0, 0.1) is 11.8 Å². The van der Waals surface area contributed by atoms with Crippen LogP contribution in [0.15, 0.2) is 36.5 Å². The Hall–Kier alpha value is -3.80. The molecule has 9 heteroatoms. The van der Waals surface area contributed by atoms with Crippen LogP contribution >= 0.6 is 0 Å². The molecule has 1 aromatic heterocycles. The lowest BCUT2D eigenvalue weighted by atomic mass is 10.2. The van der Waals surface area contributed by atoms with Gasteiger partial charge in [0.1, 0.15) is 17.5 Å². The summed E-state index contributed by atoms with van der Waals surface area (Å²) in [6, 6.07) is 9.04. The molecule has 0 fully saturated rings. The average Bonchev–Trinajstić information content (AvgIpc) is 2.80. The number of rotatable bonds is 10. The minimum Gasteiger partial charge on any atom is -0.444 e. The number of hydrogen-bond donors (Lipinski definition) is 4. The van der Waals surface area contributed by atoms with Crippen molar-refractivity contribution in [2.45, 2.75) is 65.5 Å². The summed E-state index contributed by atoms with van der Waals surface area (Å²) in [6.45, 7) is 10.2. The van der Waals surface area contributed by atoms with Gasteiger partial charge in [0.25, 0.3) is 0 Å². The molecule has 9 nitrogen and oxygen atoms in total. The summed E-state index contributed by atoms with van der Waals surface area (Å²) >= 11 is 0. The molecule has 0 saturated heterocycles. The first-order chi connectivity index (χ1) is 16.7. The zero-order valence-corrected chi connectivity index (χ0v) is 21.2. The van der Waals surface area contributed by atoms with Crippen molar-refractivity contribution < 1.29 is 14.3 Å². The number of amides is 2. The monoisotopic (exact) mass is 480 g/mol. The van der Waals surface area contributed by atoms with Crippen molar-refractivity contribution in [1.82, 2.24) is 20.6 Å². The molecule has 2 aromatic rings. The van der Waals surface area contributed by atoms with Gasteiger partial charge < -0.3 is 26.0 Å². The fourth-order valence-electron chi connectivity index (χ4n) is 2.81. The molecule has 0 spiro atoms. The maximum Gasteiger partial charge on any atom is 0.408 e. The summed E-state index contributed by atoms with van der Waals surface area (Å²) in [5.74, 6) is 7.15. The molecule has 1 atom stereocenters. The van der Waals surface area contributed by atoms with E-state index in [1.807, 2.05) is 30.3 Å². The number of anilines is 3. The second-order valence-corrected chi connectivity index (χ2v) is 8.94. The summed E-state index contributed by atoms with van der Waals surface area (Å²) < 4.78 is 5.16. The normalized spacial score (nSPS) is 11.5. The van der Waals surface area contributed by atoms with Crippen LogP contribution in [0.3, 0.4) is 0 Å². The number of unbranched alkanes of at least 4 members (excludes halogenated alkanes) is 1. The average molecular weight is 481 g/mol. The van der Waals surface area contributed by atoms with Crippen molar-refractivity contribution >= 4 is 29.5 Å². The Morgan fingerprint density at radius 2 is 1.89 bits per heavy atom. The molecule has 0 bridgehead atoms. The minimum absolute atomic E-state index is 0.273. The van der Waals surface area contributed by atoms with Gasteiger partial charge in [-0.05, 0) is 52.7 Å². The largest absolute Gasteiger partial charge is 0.444 e. The van der Waals surface area contributed by atoms with Gasteiger partial charge in [0, 0.05) is 25.2 Å². The number of aromatic nitrogens is 2. The van der Waals surface area contributed by atoms with E-state index in [-0.39, 0.29) is 5.91 Å². The van der Waals surface area contributed by atoms with E-state index < -0.39 is 17.7 Å². The number of nitrogens with zero attached hydrogens (tertiary/aromatic N) is 2. The molecule has 0 aliphatic heterocycles. The van der Waals surface area contributed by atoms with Crippen molar-refractivity contribution in [3.05, 3.63) is 42.1 Å². The van der Waals surface area contributed by atoms with Gasteiger partial charge in [-0.2, -0.15) is 4.98 Å². The van der Waals surface area contributed by atoms with Crippen LogP contribution in [0.4, 0.5) is 22.2 Å². The molecule has 35 heavy (non-hydrogen) atoms. The second-order valence-electron chi connectivity index (χ2n) is 8.94. The van der Waals surface area contributed by atoms with Gasteiger partial charge in [0.2, 0.25) is 11.9 Å². The first-order valence-corrected chi connectivity index (χ1v) is 11.9. The maximum absolute atomic E-state index is 12.2. The van der Waals surface area contributed by atoms with Crippen LogP contribution in [0.25, 0.3) is 0 Å². The van der Waals surface area contributed by atoms with Crippen LogP contribution in [0.2, 0.25) is 0 Å². The number of para-hydroxylation sites is 1. The topological polar surface area (TPSA) is 117 Å². The van der Waals surface area contributed by atoms with Crippen LogP contribution in [-0.4, -0.2) is 46.7 Å². The van der Waals surface area contributed by atoms with Gasteiger partial charge >= 0.3 is 6.09 Å². The Morgan fingerprint density at radius 3 is 2.57 bits per heavy atom. The lowest BCUT2D eigenvalue weighted by Gasteiger charge is -2.21. The van der Waals surface area contributed by atoms with Gasteiger partial charge in [-0.25, -0.2) is 9.78 Å². The van der Waals surface area contributed by atoms with Gasteiger partial charge in [-0.1, -0.05) is 37.0 Å². The van der Waals surface area contributed by atoms with Gasteiger partial charge in [-0.15, -0.1) is 0 Å². The summed E-state index contributed by atoms with van der Waals surface area (Å²) in [5, 5.41) is 11.8. The number of alkyl carbamates (subject to hydrolysis) is 1. The lowest BCUT2D eigenvalue weighted by Crippen LogP contribution is -2.46. The van der Waals surface area contributed by atoms with Gasteiger partial charge in [-0.3, -0.25) is 4.79 Å². The molecular weight excluding hydrogens is 444 g/mol. The van der Waals surface area contributed by atoms with E-state index >= 15 is 0 Å². The smallest absolute Gasteiger partial charge is 0.408 e. The van der Waals surface area contributed by atoms with E-state index in [1.54, 1.807) is 33.9 Å². The lowest BCUT2D eigenvalue weighted by molar-refractivity contribution is -0.122. The minimum atomic E-state index is -0.691. The highest BCUT2D eigenvalue weighted by Gasteiger charge is 2.20. The Morgan fingerprint density at radius 1 is 1.14 bits per heavy atom. The molecule has 4 N–H and O–H groups in total. The fourth-order valence-corrected chi connectivity index (χ4v) is 2.81. The summed E-state index contributed by atoms with van der Waals surface area (Å²) in [5.41, 5.74) is 1.01. The van der Waals surface area contributed by atoms with Crippen LogP contribution in [0.1, 0.15) is 59.4 Å². The van der Waals surface area contributed by atoms with E-state index in [1.165, 1.54) is 0 Å². The highest BCUT2D eigenvalue weighted by molar-refractivity contribution is 5.85. The molecule has 2 rings (SSSR count). The highest BCUT2D eigenvalue weighted by atomic mass is 16.6. The Labute approximate surface area is 207 Å². The molecular formula is C26H36N6O3. The van der Waals surface area contributed by atoms with Crippen LogP contribution < -0.4 is 21.3 Å². The molecule has 1 aromatic carbocycles. The van der Waals surface area contributed by atoms with E-state index in [0.29, 0.717) is 31.2 Å². The second kappa shape index (κ2) is 13.8. The van der Waals surface area contributed by atoms with E-state index in [0.717, 1.165) is 24.2 Å². The number of carbonyl (C=O) groups is 2. The molecule has 188 valence electrons. The third-order valence-electron chi connectivity index (χ3n) is 4.49. The van der Waals surface area contributed by atoms with Crippen molar-refractivity contribution in [2.24, 2.45) is 0 Å². The van der Waals surface area contributed by atoms with Crippen molar-refractivity contribution in [3.63, 3.8) is 0 Å². The van der Waals surface area contributed by atoms with E-state index in [4.69, 9.17) is 4.74 Å². The quantitative estimate of drug-likeness (QED) is 0.297. The van der Waals surface area contributed by atoms with Crippen molar-refractivity contribution in [3.8, 4) is 11.8 Å². The molecule has 2 amide bonds. The number of carbonyl (C=O) groups excluding carboxylic acids is 2. The third-order valence-corrected chi connectivity index (χ3v) is 4.49. The number of benzene rings is 1. The van der Waals surface area contributed by atoms with Crippen LogP contribution in [-0.2, 0) is 9.53 Å². The van der Waals surface area contributed by atoms with Gasteiger partial charge in [0.15, 0.2) is 0 Å². The fraction of sp³-hybridized carbons (Fsp3) is 0.462. The molecule has 0 radical (unpaired) electrons. The first kappa shape index (κ1) is 27.4.